The molecule has 2 rings (SSSR count). The molecule has 0 saturated heterocycles. The lowest BCUT2D eigenvalue weighted by molar-refractivity contribution is -0.384. The SMILES string of the molecule is N#Cc1cnn(-c2cccc([N+](=O)[O-])c2)c1S(=O)(=O)Cl. The number of benzene rings is 1. The van der Waals surface area contributed by atoms with Crippen LogP contribution in [0, 0.1) is 21.4 Å². The molecule has 0 amide bonds. The van der Waals surface area contributed by atoms with Crippen LogP contribution in [-0.2, 0) is 9.05 Å². The van der Waals surface area contributed by atoms with Crippen LogP contribution in [-0.4, -0.2) is 23.1 Å². The van der Waals surface area contributed by atoms with Crippen molar-refractivity contribution in [2.45, 2.75) is 5.03 Å². The third-order valence-electron chi connectivity index (χ3n) is 2.36. The Hall–Kier alpha value is -2.44. The van der Waals surface area contributed by atoms with Gasteiger partial charge in [-0.25, -0.2) is 13.1 Å². The number of rotatable bonds is 3. The standard InChI is InChI=1S/C10H5ClN4O4S/c11-20(18,19)10-7(5-12)6-13-14(10)8-2-1-3-9(4-8)15(16)17/h1-4,6H. The zero-order valence-electron chi connectivity index (χ0n) is 9.59. The van der Waals surface area contributed by atoms with Crippen LogP contribution in [0.4, 0.5) is 5.69 Å². The van der Waals surface area contributed by atoms with Crippen molar-refractivity contribution in [3.63, 3.8) is 0 Å². The second-order valence-corrected chi connectivity index (χ2v) is 6.08. The summed E-state index contributed by atoms with van der Waals surface area (Å²) in [6.45, 7) is 0. The van der Waals surface area contributed by atoms with Crippen LogP contribution in [0.25, 0.3) is 5.69 Å². The van der Waals surface area contributed by atoms with Crippen molar-refractivity contribution < 1.29 is 13.3 Å². The van der Waals surface area contributed by atoms with Gasteiger partial charge in [0.1, 0.15) is 11.6 Å². The Morgan fingerprint density at radius 3 is 2.70 bits per heavy atom. The van der Waals surface area contributed by atoms with Gasteiger partial charge in [-0.2, -0.15) is 10.4 Å². The summed E-state index contributed by atoms with van der Waals surface area (Å²) in [4.78, 5) is 10.1. The second-order valence-electron chi connectivity index (χ2n) is 3.60. The summed E-state index contributed by atoms with van der Waals surface area (Å²) in [6.07, 6.45) is 1.02. The molecule has 0 aliphatic heterocycles. The molecule has 2 aromatic rings. The van der Waals surface area contributed by atoms with E-state index in [2.05, 4.69) is 5.10 Å². The summed E-state index contributed by atoms with van der Waals surface area (Å²) in [7, 11) is 1.03. The third-order valence-corrected chi connectivity index (χ3v) is 3.65. The Kier molecular flexibility index (Phi) is 3.44. The molecule has 8 nitrogen and oxygen atoms in total. The quantitative estimate of drug-likeness (QED) is 0.482. The van der Waals surface area contributed by atoms with Crippen LogP contribution in [0.3, 0.4) is 0 Å². The van der Waals surface area contributed by atoms with E-state index in [1.165, 1.54) is 18.2 Å². The first-order valence-corrected chi connectivity index (χ1v) is 7.33. The van der Waals surface area contributed by atoms with E-state index in [-0.39, 0.29) is 16.9 Å². The first-order chi connectivity index (χ1) is 9.34. The molecule has 0 bridgehead atoms. The lowest BCUT2D eigenvalue weighted by Gasteiger charge is -2.04. The van der Waals surface area contributed by atoms with Crippen LogP contribution < -0.4 is 0 Å². The highest BCUT2D eigenvalue weighted by Crippen LogP contribution is 2.24. The van der Waals surface area contributed by atoms with Crippen LogP contribution in [0.2, 0.25) is 0 Å². The molecule has 102 valence electrons. The maximum absolute atomic E-state index is 11.5. The van der Waals surface area contributed by atoms with Crippen molar-refractivity contribution in [3.8, 4) is 11.8 Å². The molecule has 0 aliphatic carbocycles. The Morgan fingerprint density at radius 2 is 2.15 bits per heavy atom. The predicted molar refractivity (Wildman–Crippen MR) is 68.0 cm³/mol. The number of hydrogen-bond acceptors (Lipinski definition) is 6. The smallest absolute Gasteiger partial charge is 0.258 e. The summed E-state index contributed by atoms with van der Waals surface area (Å²) >= 11 is 0. The van der Waals surface area contributed by atoms with Crippen molar-refractivity contribution in [1.82, 2.24) is 9.78 Å². The van der Waals surface area contributed by atoms with Crippen LogP contribution in [0.5, 0.6) is 0 Å². The second kappa shape index (κ2) is 4.92. The topological polar surface area (TPSA) is 119 Å². The molecule has 1 aromatic carbocycles. The number of nitrogens with zero attached hydrogens (tertiary/aromatic N) is 4. The molecule has 0 spiro atoms. The van der Waals surface area contributed by atoms with E-state index in [0.717, 1.165) is 16.9 Å². The first-order valence-electron chi connectivity index (χ1n) is 5.02. The molecule has 1 heterocycles. The van der Waals surface area contributed by atoms with E-state index < -0.39 is 19.0 Å². The number of halogens is 1. The number of aromatic nitrogens is 2. The number of non-ortho nitro benzene ring substituents is 1. The van der Waals surface area contributed by atoms with Gasteiger partial charge in [0.15, 0.2) is 5.03 Å². The van der Waals surface area contributed by atoms with Crippen molar-refractivity contribution in [1.29, 1.82) is 5.26 Å². The molecule has 10 heteroatoms. The zero-order chi connectivity index (χ0) is 14.9. The van der Waals surface area contributed by atoms with E-state index >= 15 is 0 Å². The maximum atomic E-state index is 11.5. The van der Waals surface area contributed by atoms with E-state index in [4.69, 9.17) is 15.9 Å². The van der Waals surface area contributed by atoms with Gasteiger partial charge in [0.25, 0.3) is 14.7 Å². The third kappa shape index (κ3) is 2.47. The van der Waals surface area contributed by atoms with Gasteiger partial charge in [-0.1, -0.05) is 6.07 Å². The normalized spacial score (nSPS) is 11.0. The Bertz CT molecular complexity index is 837. The molecule has 20 heavy (non-hydrogen) atoms. The van der Waals surface area contributed by atoms with Gasteiger partial charge in [0, 0.05) is 22.8 Å². The first kappa shape index (κ1) is 14.0. The molecule has 1 aromatic heterocycles. The fourth-order valence-corrected chi connectivity index (χ4v) is 2.74. The Morgan fingerprint density at radius 1 is 1.45 bits per heavy atom. The van der Waals surface area contributed by atoms with Crippen LogP contribution in [0.15, 0.2) is 35.5 Å². The van der Waals surface area contributed by atoms with Gasteiger partial charge < -0.3 is 0 Å². The van der Waals surface area contributed by atoms with Gasteiger partial charge in [0.05, 0.1) is 16.8 Å². The summed E-state index contributed by atoms with van der Waals surface area (Å²) < 4.78 is 23.9. The molecular weight excluding hydrogens is 308 g/mol. The monoisotopic (exact) mass is 312 g/mol. The van der Waals surface area contributed by atoms with E-state index in [1.54, 1.807) is 6.07 Å². The Balaban J connectivity index is 2.72. The molecule has 0 atom stereocenters. The van der Waals surface area contributed by atoms with Crippen molar-refractivity contribution in [2.24, 2.45) is 0 Å². The van der Waals surface area contributed by atoms with Crippen LogP contribution >= 0.6 is 10.7 Å². The predicted octanol–water partition coefficient (Wildman–Crippen LogP) is 1.58. The Labute approximate surface area is 117 Å². The largest absolute Gasteiger partial charge is 0.280 e. The van der Waals surface area contributed by atoms with Gasteiger partial charge in [-0.05, 0) is 6.07 Å². The highest BCUT2D eigenvalue weighted by atomic mass is 35.7. The number of nitro groups is 1. The number of nitro benzene ring substituents is 1. The molecule has 0 radical (unpaired) electrons. The molecule has 0 aliphatic rings. The minimum absolute atomic E-state index is 0.111. The molecular formula is C10H5ClN4O4S. The lowest BCUT2D eigenvalue weighted by atomic mass is 10.3. The van der Waals surface area contributed by atoms with E-state index in [0.29, 0.717) is 0 Å². The van der Waals surface area contributed by atoms with Crippen molar-refractivity contribution in [3.05, 3.63) is 46.1 Å². The van der Waals surface area contributed by atoms with E-state index in [1.807, 2.05) is 0 Å². The highest BCUT2D eigenvalue weighted by molar-refractivity contribution is 8.13. The molecule has 0 fully saturated rings. The van der Waals surface area contributed by atoms with Gasteiger partial charge >= 0.3 is 0 Å². The molecule has 0 unspecified atom stereocenters. The zero-order valence-corrected chi connectivity index (χ0v) is 11.2. The van der Waals surface area contributed by atoms with Crippen LogP contribution in [0.1, 0.15) is 5.56 Å². The summed E-state index contributed by atoms with van der Waals surface area (Å²) in [5.41, 5.74) is -0.374. The van der Waals surface area contributed by atoms with Gasteiger partial charge in [-0.15, -0.1) is 0 Å². The molecule has 0 saturated carbocycles. The summed E-state index contributed by atoms with van der Waals surface area (Å²) in [6, 6.07) is 6.79. The molecule has 0 N–H and O–H groups in total. The lowest BCUT2D eigenvalue weighted by Crippen LogP contribution is -2.06. The average molecular weight is 313 g/mol. The van der Waals surface area contributed by atoms with Crippen molar-refractivity contribution in [2.75, 3.05) is 0 Å². The summed E-state index contributed by atoms with van der Waals surface area (Å²) in [5.74, 6) is 0. The number of nitriles is 1. The fraction of sp³-hybridized carbons (Fsp3) is 0. The highest BCUT2D eigenvalue weighted by Gasteiger charge is 2.24. The van der Waals surface area contributed by atoms with E-state index in [9.17, 15) is 18.5 Å². The number of hydrogen-bond donors (Lipinski definition) is 0. The minimum Gasteiger partial charge on any atom is -0.258 e. The van der Waals surface area contributed by atoms with Gasteiger partial charge in [0.2, 0.25) is 0 Å². The van der Waals surface area contributed by atoms with Gasteiger partial charge in [-0.3, -0.25) is 10.1 Å². The minimum atomic E-state index is -4.23. The average Bonchev–Trinajstić information content (AvgIpc) is 2.82. The fourth-order valence-electron chi connectivity index (χ4n) is 1.57. The maximum Gasteiger partial charge on any atom is 0.280 e. The van der Waals surface area contributed by atoms with Crippen molar-refractivity contribution >= 4 is 25.4 Å². The summed E-state index contributed by atoms with van der Waals surface area (Å²) in [5, 5.41) is 22.8.